The van der Waals surface area contributed by atoms with E-state index in [-0.39, 0.29) is 17.4 Å². The molecule has 1 aliphatic rings. The van der Waals surface area contributed by atoms with Crippen LogP contribution in [0.2, 0.25) is 0 Å². The molecule has 1 aliphatic heterocycles. The lowest BCUT2D eigenvalue weighted by Crippen LogP contribution is -2.46. The molecule has 0 spiro atoms. The molecule has 0 aromatic heterocycles. The lowest BCUT2D eigenvalue weighted by Gasteiger charge is -2.26. The van der Waals surface area contributed by atoms with Crippen LogP contribution in [-0.2, 0) is 16.0 Å². The first-order valence-electron chi connectivity index (χ1n) is 10.2. The largest absolute Gasteiger partial charge is 0.416 e. The van der Waals surface area contributed by atoms with Crippen molar-refractivity contribution in [1.29, 1.82) is 0 Å². The summed E-state index contributed by atoms with van der Waals surface area (Å²) in [6.07, 6.45) is -3.71. The van der Waals surface area contributed by atoms with E-state index in [4.69, 9.17) is 0 Å². The Kier molecular flexibility index (Phi) is 8.96. The fourth-order valence-electron chi connectivity index (χ4n) is 3.21. The molecule has 10 heteroatoms. The Labute approximate surface area is 176 Å². The third-order valence-electron chi connectivity index (χ3n) is 5.12. The predicted octanol–water partition coefficient (Wildman–Crippen LogP) is 2.48. The van der Waals surface area contributed by atoms with Crippen LogP contribution >= 0.6 is 0 Å². The van der Waals surface area contributed by atoms with Gasteiger partial charge in [0.1, 0.15) is 0 Å². The van der Waals surface area contributed by atoms with Crippen molar-refractivity contribution in [3.05, 3.63) is 35.4 Å². The molecular weight excluding hydrogens is 417 g/mol. The second-order valence-electron chi connectivity index (χ2n) is 7.49. The molecule has 2 N–H and O–H groups in total. The van der Waals surface area contributed by atoms with E-state index in [2.05, 4.69) is 20.5 Å². The molecule has 6 nitrogen and oxygen atoms in total. The van der Waals surface area contributed by atoms with Crippen LogP contribution in [0.3, 0.4) is 0 Å². The number of nitrogens with zero attached hydrogens (tertiary/aromatic N) is 2. The topological polar surface area (TPSA) is 73.8 Å². The van der Waals surface area contributed by atoms with Gasteiger partial charge in [0.2, 0.25) is 0 Å². The molecule has 170 valence electrons. The molecular formula is C20H31F3N4O2S. The van der Waals surface area contributed by atoms with Crippen molar-refractivity contribution in [2.75, 3.05) is 50.8 Å². The molecule has 1 saturated heterocycles. The average Bonchev–Trinajstić information content (AvgIpc) is 2.68. The Morgan fingerprint density at radius 3 is 2.57 bits per heavy atom. The summed E-state index contributed by atoms with van der Waals surface area (Å²) in [5, 5.41) is 6.38. The monoisotopic (exact) mass is 448 g/mol. The third-order valence-corrected chi connectivity index (χ3v) is 6.73. The number of alkyl halides is 3. The van der Waals surface area contributed by atoms with Gasteiger partial charge in [-0.2, -0.15) is 13.2 Å². The first-order valence-corrected chi connectivity index (χ1v) is 12.0. The van der Waals surface area contributed by atoms with Crippen LogP contribution in [0.5, 0.6) is 0 Å². The quantitative estimate of drug-likeness (QED) is 0.472. The van der Waals surface area contributed by atoms with Gasteiger partial charge in [-0.05, 0) is 30.9 Å². The molecule has 1 aromatic carbocycles. The summed E-state index contributed by atoms with van der Waals surface area (Å²) >= 11 is 0. The highest BCUT2D eigenvalue weighted by molar-refractivity contribution is 7.91. The summed E-state index contributed by atoms with van der Waals surface area (Å²) in [5.41, 5.74) is 0.0221. The highest BCUT2D eigenvalue weighted by Gasteiger charge is 2.30. The van der Waals surface area contributed by atoms with Crippen molar-refractivity contribution in [2.24, 2.45) is 4.99 Å². The van der Waals surface area contributed by atoms with Crippen molar-refractivity contribution < 1.29 is 21.6 Å². The smallest absolute Gasteiger partial charge is 0.357 e. The Bertz CT molecular complexity index is 799. The molecule has 0 aliphatic carbocycles. The van der Waals surface area contributed by atoms with Gasteiger partial charge in [-0.3, -0.25) is 9.89 Å². The third kappa shape index (κ3) is 8.14. The molecule has 1 aromatic rings. The molecule has 1 heterocycles. The summed E-state index contributed by atoms with van der Waals surface area (Å²) < 4.78 is 61.6. The van der Waals surface area contributed by atoms with E-state index in [1.807, 2.05) is 13.8 Å². The zero-order valence-corrected chi connectivity index (χ0v) is 18.3. The average molecular weight is 449 g/mol. The van der Waals surface area contributed by atoms with Crippen LogP contribution in [-0.4, -0.2) is 70.1 Å². The molecule has 0 radical (unpaired) electrons. The van der Waals surface area contributed by atoms with Gasteiger partial charge in [0.15, 0.2) is 15.8 Å². The van der Waals surface area contributed by atoms with E-state index < -0.39 is 21.6 Å². The summed E-state index contributed by atoms with van der Waals surface area (Å²) in [6.45, 7) is 7.48. The maximum absolute atomic E-state index is 12.9. The van der Waals surface area contributed by atoms with Gasteiger partial charge >= 0.3 is 6.18 Å². The summed E-state index contributed by atoms with van der Waals surface area (Å²) in [6, 6.07) is 5.44. The number of hydrogen-bond donors (Lipinski definition) is 2. The number of aliphatic imine (C=N–C) groups is 1. The van der Waals surface area contributed by atoms with Crippen LogP contribution in [0.25, 0.3) is 0 Å². The zero-order chi connectivity index (χ0) is 22.2. The number of guanidine groups is 1. The first-order chi connectivity index (χ1) is 14.1. The maximum Gasteiger partial charge on any atom is 0.416 e. The molecule has 0 amide bonds. The van der Waals surface area contributed by atoms with E-state index in [0.717, 1.165) is 12.6 Å². The molecule has 0 bridgehead atoms. The lowest BCUT2D eigenvalue weighted by molar-refractivity contribution is -0.137. The van der Waals surface area contributed by atoms with Crippen LogP contribution in [0.1, 0.15) is 37.3 Å². The maximum atomic E-state index is 12.9. The van der Waals surface area contributed by atoms with Gasteiger partial charge in [0, 0.05) is 39.3 Å². The summed E-state index contributed by atoms with van der Waals surface area (Å²) in [5.74, 6) is 1.01. The van der Waals surface area contributed by atoms with Crippen LogP contribution in [0.15, 0.2) is 29.3 Å². The number of sulfone groups is 1. The number of nitrogens with one attached hydrogen (secondary N) is 2. The van der Waals surface area contributed by atoms with Crippen molar-refractivity contribution in [3.63, 3.8) is 0 Å². The van der Waals surface area contributed by atoms with Crippen LogP contribution < -0.4 is 10.6 Å². The minimum atomic E-state index is -4.34. The van der Waals surface area contributed by atoms with Gasteiger partial charge in [-0.1, -0.05) is 25.1 Å². The zero-order valence-electron chi connectivity index (χ0n) is 17.5. The standard InChI is InChI=1S/C20H31F3N4O2S/c1-3-24-19(26-9-10-27-11-13-30(28,29)14-12-27)25-8-7-16(2)17-5-4-6-18(15-17)20(21,22)23/h4-6,15-16H,3,7-14H2,1-2H3,(H2,24,25,26). The van der Waals surface area contributed by atoms with Gasteiger partial charge in [-0.25, -0.2) is 8.42 Å². The lowest BCUT2D eigenvalue weighted by atomic mass is 9.96. The number of benzene rings is 1. The Morgan fingerprint density at radius 2 is 1.93 bits per heavy atom. The highest BCUT2D eigenvalue weighted by Crippen LogP contribution is 2.31. The Morgan fingerprint density at radius 1 is 1.23 bits per heavy atom. The Balaban J connectivity index is 1.81. The normalized spacial score (nSPS) is 18.8. The summed E-state index contributed by atoms with van der Waals surface area (Å²) in [4.78, 5) is 6.62. The van der Waals surface area contributed by atoms with Crippen molar-refractivity contribution >= 4 is 15.8 Å². The first kappa shape index (κ1) is 24.5. The number of rotatable bonds is 8. The van der Waals surface area contributed by atoms with Gasteiger partial charge in [0.05, 0.1) is 17.1 Å². The second kappa shape index (κ2) is 11.0. The van der Waals surface area contributed by atoms with Crippen molar-refractivity contribution in [2.45, 2.75) is 32.4 Å². The van der Waals surface area contributed by atoms with Crippen molar-refractivity contribution in [1.82, 2.24) is 15.5 Å². The molecule has 30 heavy (non-hydrogen) atoms. The van der Waals surface area contributed by atoms with Crippen LogP contribution in [0, 0.1) is 0 Å². The summed E-state index contributed by atoms with van der Waals surface area (Å²) in [7, 11) is -2.88. The molecule has 0 saturated carbocycles. The highest BCUT2D eigenvalue weighted by atomic mass is 32.2. The van der Waals surface area contributed by atoms with Gasteiger partial charge < -0.3 is 10.6 Å². The fraction of sp³-hybridized carbons (Fsp3) is 0.650. The minimum absolute atomic E-state index is 0.0470. The second-order valence-corrected chi connectivity index (χ2v) is 9.80. The number of halogens is 3. The van der Waals surface area contributed by atoms with E-state index in [1.165, 1.54) is 12.1 Å². The molecule has 1 atom stereocenters. The molecule has 1 unspecified atom stereocenters. The van der Waals surface area contributed by atoms with E-state index in [1.54, 1.807) is 6.07 Å². The number of hydrogen-bond acceptors (Lipinski definition) is 4. The van der Waals surface area contributed by atoms with Crippen molar-refractivity contribution in [3.8, 4) is 0 Å². The van der Waals surface area contributed by atoms with Gasteiger partial charge in [0.25, 0.3) is 0 Å². The molecule has 2 rings (SSSR count). The van der Waals surface area contributed by atoms with E-state index in [0.29, 0.717) is 50.7 Å². The SMILES string of the molecule is CCNC(=NCCC(C)c1cccc(C(F)(F)F)c1)NCCN1CCS(=O)(=O)CC1. The fourth-order valence-corrected chi connectivity index (χ4v) is 4.48. The van der Waals surface area contributed by atoms with E-state index in [9.17, 15) is 21.6 Å². The van der Waals surface area contributed by atoms with Gasteiger partial charge in [-0.15, -0.1) is 0 Å². The minimum Gasteiger partial charge on any atom is -0.357 e. The molecule has 1 fully saturated rings. The predicted molar refractivity (Wildman–Crippen MR) is 114 cm³/mol. The van der Waals surface area contributed by atoms with E-state index >= 15 is 0 Å². The van der Waals surface area contributed by atoms with Crippen LogP contribution in [0.4, 0.5) is 13.2 Å². The Hall–Kier alpha value is -1.81.